The van der Waals surface area contributed by atoms with E-state index in [4.69, 9.17) is 14.5 Å². The lowest BCUT2D eigenvalue weighted by Crippen LogP contribution is -2.42. The van der Waals surface area contributed by atoms with Gasteiger partial charge < -0.3 is 25.2 Å². The summed E-state index contributed by atoms with van der Waals surface area (Å²) in [5.74, 6) is -1.39. The van der Waals surface area contributed by atoms with Crippen molar-refractivity contribution >= 4 is 25.2 Å². The Morgan fingerprint density at radius 2 is 1.48 bits per heavy atom. The normalized spacial score (nSPS) is 11.1. The first-order chi connectivity index (χ1) is 11.4. The topological polar surface area (TPSA) is 142 Å². The van der Waals surface area contributed by atoms with Gasteiger partial charge in [-0.05, 0) is 13.8 Å². The number of rotatable bonds is 12. The van der Waals surface area contributed by atoms with Crippen molar-refractivity contribution in [2.24, 2.45) is 0 Å². The molecule has 0 aromatic rings. The summed E-state index contributed by atoms with van der Waals surface area (Å²) in [5, 5.41) is 5.13. The molecule has 0 aliphatic carbocycles. The van der Waals surface area contributed by atoms with Crippen LogP contribution in [0.15, 0.2) is 24.3 Å². The molecule has 0 aliphatic rings. The molecule has 0 fully saturated rings. The molecule has 0 aromatic heterocycles. The Bertz CT molecular complexity index is 552. The maximum absolute atomic E-state index is 11.5. The Balaban J connectivity index is 4.51. The lowest BCUT2D eigenvalue weighted by molar-refractivity contribution is -0.121. The van der Waals surface area contributed by atoms with Gasteiger partial charge in [0.05, 0.1) is 12.7 Å². The lowest BCUT2D eigenvalue weighted by Gasteiger charge is -2.19. The van der Waals surface area contributed by atoms with E-state index in [1.807, 2.05) is 0 Å². The zero-order valence-electron chi connectivity index (χ0n) is 14.4. The van der Waals surface area contributed by atoms with Crippen LogP contribution < -0.4 is 10.6 Å². The van der Waals surface area contributed by atoms with Crippen LogP contribution in [0.1, 0.15) is 20.3 Å². The highest BCUT2D eigenvalue weighted by atomic mass is 31.2. The first kappa shape index (κ1) is 23.2. The van der Waals surface area contributed by atoms with Gasteiger partial charge in [0, 0.05) is 30.7 Å². The Morgan fingerprint density at radius 3 is 1.84 bits per heavy atom. The van der Waals surface area contributed by atoms with E-state index in [1.54, 1.807) is 0 Å². The maximum atomic E-state index is 11.5. The molecule has 0 heterocycles. The lowest BCUT2D eigenvalue weighted by atomic mass is 10.2. The summed E-state index contributed by atoms with van der Waals surface area (Å²) in [6, 6.07) is 0. The first-order valence-corrected chi connectivity index (χ1v) is 9.27. The summed E-state index contributed by atoms with van der Waals surface area (Å²) in [5.41, 5.74) is 0.614. The highest BCUT2D eigenvalue weighted by molar-refractivity contribution is 7.52. The molecule has 2 amide bonds. The minimum absolute atomic E-state index is 0.0643. The van der Waals surface area contributed by atoms with Crippen LogP contribution in [-0.4, -0.2) is 59.3 Å². The largest absolute Gasteiger partial charge is 0.374 e. The molecular weight excluding hydrogens is 351 g/mol. The Morgan fingerprint density at radius 1 is 1.04 bits per heavy atom. The zero-order chi connectivity index (χ0) is 19.6. The van der Waals surface area contributed by atoms with Crippen molar-refractivity contribution in [1.29, 1.82) is 0 Å². The second kappa shape index (κ2) is 10.9. The number of hydrogen-bond acceptors (Lipinski definition) is 5. The molecule has 0 rings (SSSR count). The van der Waals surface area contributed by atoms with Gasteiger partial charge in [0.25, 0.3) is 0 Å². The Hall–Kier alpha value is -1.80. The van der Waals surface area contributed by atoms with Crippen LogP contribution >= 0.6 is 7.60 Å². The Labute approximate surface area is 146 Å². The fourth-order valence-corrected chi connectivity index (χ4v) is 2.17. The molecular formula is C15H25N2O7P. The van der Waals surface area contributed by atoms with Crippen molar-refractivity contribution in [2.75, 3.05) is 25.9 Å². The molecule has 4 N–H and O–H groups in total. The Kier molecular flexibility index (Phi) is 10.2. The quantitative estimate of drug-likeness (QED) is 0.275. The second-order valence-electron chi connectivity index (χ2n) is 5.58. The molecule has 142 valence electrons. The number of nitrogens with one attached hydrogen (secondary N) is 2. The van der Waals surface area contributed by atoms with E-state index in [0.29, 0.717) is 11.1 Å². The molecule has 0 saturated carbocycles. The van der Waals surface area contributed by atoms with Crippen LogP contribution in [0, 0.1) is 0 Å². The van der Waals surface area contributed by atoms with Crippen molar-refractivity contribution < 1.29 is 33.5 Å². The van der Waals surface area contributed by atoms with Gasteiger partial charge in [0.1, 0.15) is 11.9 Å². The van der Waals surface area contributed by atoms with Crippen molar-refractivity contribution in [1.82, 2.24) is 10.6 Å². The van der Waals surface area contributed by atoms with Gasteiger partial charge in [-0.1, -0.05) is 13.2 Å². The van der Waals surface area contributed by atoms with Gasteiger partial charge in [-0.3, -0.25) is 18.9 Å². The molecule has 10 heteroatoms. The van der Waals surface area contributed by atoms with Gasteiger partial charge in [0.2, 0.25) is 11.8 Å². The van der Waals surface area contributed by atoms with Gasteiger partial charge in [-0.25, -0.2) is 0 Å². The third-order valence-corrected chi connectivity index (χ3v) is 3.64. The monoisotopic (exact) mass is 376 g/mol. The molecule has 0 bridgehead atoms. The van der Waals surface area contributed by atoms with Gasteiger partial charge in [-0.15, -0.1) is 0 Å². The van der Waals surface area contributed by atoms with Crippen molar-refractivity contribution in [3.63, 3.8) is 0 Å². The highest BCUT2D eigenvalue weighted by Gasteiger charge is 2.19. The summed E-state index contributed by atoms with van der Waals surface area (Å²) in [6.07, 6.45) is -1.67. The summed E-state index contributed by atoms with van der Waals surface area (Å²) >= 11 is 0. The van der Waals surface area contributed by atoms with Crippen molar-refractivity contribution in [3.8, 4) is 0 Å². The third kappa shape index (κ3) is 12.2. The number of Topliss-reactive ketones (excluding diaryl/α,β-unsaturated/α-hetero) is 1. The van der Waals surface area contributed by atoms with Crippen LogP contribution in [0.5, 0.6) is 0 Å². The number of amides is 2. The van der Waals surface area contributed by atoms with Crippen LogP contribution in [0.2, 0.25) is 0 Å². The minimum Gasteiger partial charge on any atom is -0.374 e. The first-order valence-electron chi connectivity index (χ1n) is 7.47. The van der Waals surface area contributed by atoms with Crippen LogP contribution in [0.3, 0.4) is 0 Å². The average Bonchev–Trinajstić information content (AvgIpc) is 2.46. The molecule has 0 saturated heterocycles. The maximum Gasteiger partial charge on any atom is 0.332 e. The number of ketones is 1. The molecule has 0 aromatic carbocycles. The fraction of sp³-hybridized carbons (Fsp3) is 0.533. The molecule has 0 aliphatic heterocycles. The number of carbonyl (C=O) groups excluding carboxylic acids is 3. The molecule has 9 nitrogen and oxygen atoms in total. The third-order valence-electron chi connectivity index (χ3n) is 2.87. The van der Waals surface area contributed by atoms with E-state index in [-0.39, 0.29) is 37.9 Å². The predicted octanol–water partition coefficient (Wildman–Crippen LogP) is -0.107. The molecule has 0 spiro atoms. The average molecular weight is 376 g/mol. The van der Waals surface area contributed by atoms with E-state index < -0.39 is 25.6 Å². The standard InChI is InChI=1S/C15H25N2O7P/c1-10(2)14(19)16-7-13(8-17-15(20)11(3)4)24-6-5-12(18)9-25(21,22)23/h13H,1,3,5-9H2,2,4H3,(H,16,19)(H,17,20)(H2,21,22,23). The van der Waals surface area contributed by atoms with E-state index in [9.17, 15) is 18.9 Å². The number of hydrogen-bond donors (Lipinski definition) is 4. The summed E-state index contributed by atoms with van der Waals surface area (Å²) < 4.78 is 16.2. The van der Waals surface area contributed by atoms with Crippen LogP contribution in [0.25, 0.3) is 0 Å². The molecule has 0 unspecified atom stereocenters. The van der Waals surface area contributed by atoms with Crippen molar-refractivity contribution in [3.05, 3.63) is 24.3 Å². The highest BCUT2D eigenvalue weighted by Crippen LogP contribution is 2.34. The van der Waals surface area contributed by atoms with E-state index in [0.717, 1.165) is 0 Å². The van der Waals surface area contributed by atoms with Crippen molar-refractivity contribution in [2.45, 2.75) is 26.4 Å². The van der Waals surface area contributed by atoms with E-state index in [1.165, 1.54) is 13.8 Å². The van der Waals surface area contributed by atoms with Gasteiger partial charge in [0.15, 0.2) is 0 Å². The van der Waals surface area contributed by atoms with Crippen LogP contribution in [-0.2, 0) is 23.7 Å². The fourth-order valence-electron chi connectivity index (χ4n) is 1.55. The number of carbonyl (C=O) groups is 3. The summed E-state index contributed by atoms with van der Waals surface area (Å²) in [6.45, 7) is 10.1. The zero-order valence-corrected chi connectivity index (χ0v) is 15.3. The van der Waals surface area contributed by atoms with Gasteiger partial charge >= 0.3 is 7.60 Å². The number of ether oxygens (including phenoxy) is 1. The smallest absolute Gasteiger partial charge is 0.332 e. The minimum atomic E-state index is -4.40. The molecule has 25 heavy (non-hydrogen) atoms. The second-order valence-corrected chi connectivity index (χ2v) is 7.23. The molecule has 0 atom stereocenters. The summed E-state index contributed by atoms with van der Waals surface area (Å²) in [7, 11) is -4.40. The summed E-state index contributed by atoms with van der Waals surface area (Å²) in [4.78, 5) is 51.9. The predicted molar refractivity (Wildman–Crippen MR) is 91.9 cm³/mol. The molecule has 0 radical (unpaired) electrons. The van der Waals surface area contributed by atoms with E-state index in [2.05, 4.69) is 23.8 Å². The van der Waals surface area contributed by atoms with E-state index >= 15 is 0 Å². The van der Waals surface area contributed by atoms with Gasteiger partial charge in [-0.2, -0.15) is 0 Å². The SMILES string of the molecule is C=C(C)C(=O)NCC(CNC(=O)C(=C)C)OCCC(=O)CP(=O)(O)O. The van der Waals surface area contributed by atoms with Crippen LogP contribution in [0.4, 0.5) is 0 Å².